The van der Waals surface area contributed by atoms with Gasteiger partial charge in [-0.15, -0.1) is 0 Å². The number of hydrogen-bond acceptors (Lipinski definition) is 2. The van der Waals surface area contributed by atoms with E-state index < -0.39 is 0 Å². The quantitative estimate of drug-likeness (QED) is 0.922. The van der Waals surface area contributed by atoms with Crippen molar-refractivity contribution in [3.63, 3.8) is 0 Å². The summed E-state index contributed by atoms with van der Waals surface area (Å²) >= 11 is 3.56. The molecule has 1 aromatic carbocycles. The second-order valence-corrected chi connectivity index (χ2v) is 5.74. The average Bonchev–Trinajstić information content (AvgIpc) is 2.98. The summed E-state index contributed by atoms with van der Waals surface area (Å²) in [6.07, 6.45) is 6.31. The van der Waals surface area contributed by atoms with Gasteiger partial charge in [-0.05, 0) is 50.1 Å². The van der Waals surface area contributed by atoms with Crippen LogP contribution in [0.1, 0.15) is 30.1 Å². The van der Waals surface area contributed by atoms with Gasteiger partial charge in [-0.1, -0.05) is 15.9 Å². The van der Waals surface area contributed by atoms with Gasteiger partial charge in [0, 0.05) is 16.2 Å². The Labute approximate surface area is 115 Å². The highest BCUT2D eigenvalue weighted by atomic mass is 79.9. The molecule has 2 aromatic rings. The van der Waals surface area contributed by atoms with E-state index in [1.54, 1.807) is 0 Å². The van der Waals surface area contributed by atoms with E-state index in [0.717, 1.165) is 11.0 Å². The van der Waals surface area contributed by atoms with Crippen LogP contribution in [0.15, 0.2) is 35.2 Å². The molecule has 2 heterocycles. The smallest absolute Gasteiger partial charge is 0.0994 e. The standard InChI is InChI=1S/C14H16BrN3/c1-10-5-11(15)7-12(6-10)18-9-16-8-14(18)13-3-2-4-17-13/h5-9,13,17H,2-4H2,1H3/t13-/m0/s1. The van der Waals surface area contributed by atoms with E-state index in [2.05, 4.69) is 55.9 Å². The predicted molar refractivity (Wildman–Crippen MR) is 76.0 cm³/mol. The topological polar surface area (TPSA) is 29.9 Å². The third-order valence-corrected chi connectivity index (χ3v) is 3.85. The fourth-order valence-electron chi connectivity index (χ4n) is 2.57. The lowest BCUT2D eigenvalue weighted by molar-refractivity contribution is 0.615. The summed E-state index contributed by atoms with van der Waals surface area (Å²) in [5, 5.41) is 3.53. The molecule has 3 nitrogen and oxygen atoms in total. The Morgan fingerprint density at radius 2 is 2.28 bits per heavy atom. The summed E-state index contributed by atoms with van der Waals surface area (Å²) in [7, 11) is 0. The Hall–Kier alpha value is -1.13. The summed E-state index contributed by atoms with van der Waals surface area (Å²) in [6.45, 7) is 3.21. The van der Waals surface area contributed by atoms with Crippen LogP contribution in [0.25, 0.3) is 5.69 Å². The maximum Gasteiger partial charge on any atom is 0.0994 e. The molecule has 1 aliphatic rings. The third-order valence-electron chi connectivity index (χ3n) is 3.39. The number of hydrogen-bond donors (Lipinski definition) is 1. The van der Waals surface area contributed by atoms with E-state index in [-0.39, 0.29) is 0 Å². The first-order valence-corrected chi connectivity index (χ1v) is 7.06. The average molecular weight is 306 g/mol. The number of aromatic nitrogens is 2. The van der Waals surface area contributed by atoms with Crippen molar-refractivity contribution in [1.29, 1.82) is 0 Å². The van der Waals surface area contributed by atoms with Gasteiger partial charge in [0.2, 0.25) is 0 Å². The lowest BCUT2D eigenvalue weighted by Crippen LogP contribution is -2.16. The number of benzene rings is 1. The molecule has 0 saturated carbocycles. The van der Waals surface area contributed by atoms with Crippen molar-refractivity contribution in [2.45, 2.75) is 25.8 Å². The van der Waals surface area contributed by atoms with Crippen LogP contribution in [0.5, 0.6) is 0 Å². The Balaban J connectivity index is 2.03. The van der Waals surface area contributed by atoms with E-state index in [0.29, 0.717) is 6.04 Å². The molecular formula is C14H16BrN3. The monoisotopic (exact) mass is 305 g/mol. The van der Waals surface area contributed by atoms with Gasteiger partial charge >= 0.3 is 0 Å². The van der Waals surface area contributed by atoms with E-state index in [4.69, 9.17) is 0 Å². The zero-order valence-corrected chi connectivity index (χ0v) is 11.9. The molecule has 0 amide bonds. The number of nitrogens with zero attached hydrogens (tertiary/aromatic N) is 2. The fourth-order valence-corrected chi connectivity index (χ4v) is 3.17. The number of rotatable bonds is 2. The van der Waals surface area contributed by atoms with Crippen molar-refractivity contribution in [1.82, 2.24) is 14.9 Å². The molecule has 1 aromatic heterocycles. The van der Waals surface area contributed by atoms with Gasteiger partial charge in [-0.25, -0.2) is 4.98 Å². The zero-order valence-electron chi connectivity index (χ0n) is 10.4. The number of aryl methyl sites for hydroxylation is 1. The maximum absolute atomic E-state index is 4.31. The van der Waals surface area contributed by atoms with Crippen molar-refractivity contribution in [2.24, 2.45) is 0 Å². The lowest BCUT2D eigenvalue weighted by atomic mass is 10.1. The second-order valence-electron chi connectivity index (χ2n) is 4.82. The van der Waals surface area contributed by atoms with Gasteiger partial charge in [-0.2, -0.15) is 0 Å². The largest absolute Gasteiger partial charge is 0.309 e. The molecule has 1 N–H and O–H groups in total. The van der Waals surface area contributed by atoms with Crippen LogP contribution in [-0.4, -0.2) is 16.1 Å². The number of halogens is 1. The Morgan fingerprint density at radius 1 is 1.39 bits per heavy atom. The highest BCUT2D eigenvalue weighted by molar-refractivity contribution is 9.10. The van der Waals surface area contributed by atoms with E-state index in [1.165, 1.54) is 29.8 Å². The van der Waals surface area contributed by atoms with Crippen LogP contribution in [0.2, 0.25) is 0 Å². The molecule has 1 atom stereocenters. The summed E-state index contributed by atoms with van der Waals surface area (Å²) in [5.74, 6) is 0. The molecule has 0 unspecified atom stereocenters. The summed E-state index contributed by atoms with van der Waals surface area (Å²) < 4.78 is 3.29. The van der Waals surface area contributed by atoms with Gasteiger partial charge in [-0.3, -0.25) is 0 Å². The SMILES string of the molecule is Cc1cc(Br)cc(-n2cncc2[C@@H]2CCCN2)c1. The van der Waals surface area contributed by atoms with Crippen LogP contribution in [-0.2, 0) is 0 Å². The molecule has 0 bridgehead atoms. The number of nitrogens with one attached hydrogen (secondary N) is 1. The number of imidazole rings is 1. The summed E-state index contributed by atoms with van der Waals surface area (Å²) in [6, 6.07) is 6.87. The van der Waals surface area contributed by atoms with E-state index >= 15 is 0 Å². The predicted octanol–water partition coefficient (Wildman–Crippen LogP) is 3.37. The minimum absolute atomic E-state index is 0.437. The second kappa shape index (κ2) is 4.86. The highest BCUT2D eigenvalue weighted by Gasteiger charge is 2.20. The molecule has 1 fully saturated rings. The van der Waals surface area contributed by atoms with E-state index in [1.807, 2.05) is 12.5 Å². The van der Waals surface area contributed by atoms with Gasteiger partial charge in [0.15, 0.2) is 0 Å². The van der Waals surface area contributed by atoms with Crippen LogP contribution in [0.3, 0.4) is 0 Å². The molecule has 0 spiro atoms. The van der Waals surface area contributed by atoms with Crippen molar-refractivity contribution in [2.75, 3.05) is 6.54 Å². The van der Waals surface area contributed by atoms with Gasteiger partial charge in [0.25, 0.3) is 0 Å². The summed E-state index contributed by atoms with van der Waals surface area (Å²) in [5.41, 5.74) is 3.67. The normalized spacial score (nSPS) is 19.3. The molecular weight excluding hydrogens is 290 g/mol. The molecule has 1 aliphatic heterocycles. The lowest BCUT2D eigenvalue weighted by Gasteiger charge is -2.14. The molecule has 1 saturated heterocycles. The first kappa shape index (κ1) is 11.9. The fraction of sp³-hybridized carbons (Fsp3) is 0.357. The Morgan fingerprint density at radius 3 is 3.00 bits per heavy atom. The molecule has 18 heavy (non-hydrogen) atoms. The maximum atomic E-state index is 4.31. The van der Waals surface area contributed by atoms with Gasteiger partial charge in [0.05, 0.1) is 18.2 Å². The summed E-state index contributed by atoms with van der Waals surface area (Å²) in [4.78, 5) is 4.31. The Bertz CT molecular complexity index is 536. The van der Waals surface area contributed by atoms with Crippen molar-refractivity contribution >= 4 is 15.9 Å². The molecule has 0 radical (unpaired) electrons. The third kappa shape index (κ3) is 2.22. The van der Waals surface area contributed by atoms with Crippen LogP contribution in [0.4, 0.5) is 0 Å². The zero-order chi connectivity index (χ0) is 12.5. The van der Waals surface area contributed by atoms with E-state index in [9.17, 15) is 0 Å². The van der Waals surface area contributed by atoms with Crippen molar-refractivity contribution in [3.05, 3.63) is 46.5 Å². The molecule has 3 rings (SSSR count). The van der Waals surface area contributed by atoms with Gasteiger partial charge in [0.1, 0.15) is 0 Å². The molecule has 94 valence electrons. The van der Waals surface area contributed by atoms with Crippen LogP contribution < -0.4 is 5.32 Å². The minimum atomic E-state index is 0.437. The Kier molecular flexibility index (Phi) is 3.22. The first-order valence-electron chi connectivity index (χ1n) is 6.27. The molecule has 4 heteroatoms. The molecule has 0 aliphatic carbocycles. The van der Waals surface area contributed by atoms with Crippen molar-refractivity contribution in [3.8, 4) is 5.69 Å². The van der Waals surface area contributed by atoms with Gasteiger partial charge < -0.3 is 9.88 Å². The minimum Gasteiger partial charge on any atom is -0.309 e. The highest BCUT2D eigenvalue weighted by Crippen LogP contribution is 2.26. The van der Waals surface area contributed by atoms with Crippen LogP contribution >= 0.6 is 15.9 Å². The van der Waals surface area contributed by atoms with Crippen molar-refractivity contribution < 1.29 is 0 Å². The first-order chi connectivity index (χ1) is 8.74. The van der Waals surface area contributed by atoms with Crippen LogP contribution in [0, 0.1) is 6.92 Å².